The number of carbonyl (C=O) groups excluding carboxylic acids is 1. The number of anilines is 2. The first-order valence-corrected chi connectivity index (χ1v) is 14.1. The third-order valence-electron chi connectivity index (χ3n) is 6.93. The van der Waals surface area contributed by atoms with Gasteiger partial charge in [-0.1, -0.05) is 19.1 Å². The number of hydrogen-bond acceptors (Lipinski definition) is 6. The van der Waals surface area contributed by atoms with Gasteiger partial charge in [-0.15, -0.1) is 0 Å². The molecule has 1 aliphatic heterocycles. The predicted molar refractivity (Wildman–Crippen MR) is 159 cm³/mol. The smallest absolute Gasteiger partial charge is 0.451 e. The van der Waals surface area contributed by atoms with Crippen molar-refractivity contribution >= 4 is 45.5 Å². The fourth-order valence-corrected chi connectivity index (χ4v) is 5.16. The molecule has 0 atom stereocenters. The van der Waals surface area contributed by atoms with Crippen molar-refractivity contribution in [1.29, 1.82) is 0 Å². The van der Waals surface area contributed by atoms with Crippen LogP contribution in [0.5, 0.6) is 11.5 Å². The van der Waals surface area contributed by atoms with Gasteiger partial charge in [-0.05, 0) is 60.5 Å². The minimum atomic E-state index is -3.23. The molecule has 0 unspecified atom stereocenters. The van der Waals surface area contributed by atoms with E-state index in [2.05, 4.69) is 37.0 Å². The van der Waals surface area contributed by atoms with E-state index < -0.39 is 4.12 Å². The van der Waals surface area contributed by atoms with Crippen molar-refractivity contribution in [2.24, 2.45) is 0 Å². The summed E-state index contributed by atoms with van der Waals surface area (Å²) >= 11 is 0.961. The van der Waals surface area contributed by atoms with Gasteiger partial charge in [0.05, 0.1) is 35.4 Å². The second-order valence-electron chi connectivity index (χ2n) is 9.40. The number of halogens is 3. The lowest BCUT2D eigenvalue weighted by molar-refractivity contribution is -0.0691. The first-order valence-electron chi connectivity index (χ1n) is 13.0. The van der Waals surface area contributed by atoms with Crippen molar-refractivity contribution in [1.82, 2.24) is 14.7 Å². The molecule has 2 aromatic heterocycles. The van der Waals surface area contributed by atoms with Crippen LogP contribution in [-0.4, -0.2) is 52.7 Å². The normalized spacial score (nSPS) is 13.9. The topological polar surface area (TPSA) is 71.3 Å². The number of aryl methyl sites for hydroxylation is 1. The van der Waals surface area contributed by atoms with E-state index in [-0.39, 0.29) is 11.7 Å². The highest BCUT2D eigenvalue weighted by atomic mass is 127. The summed E-state index contributed by atoms with van der Waals surface area (Å²) in [6.07, 6.45) is 2.46. The predicted octanol–water partition coefficient (Wildman–Crippen LogP) is 5.53. The number of pyridine rings is 1. The molecule has 1 saturated heterocycles. The maximum atomic E-state index is 13.1. The fourth-order valence-electron chi connectivity index (χ4n) is 4.91. The average molecular weight is 661 g/mol. The Morgan fingerprint density at radius 1 is 1.00 bits per heavy atom. The highest BCUT2D eigenvalue weighted by Crippen LogP contribution is 2.29. The SMILES string of the molecule is CCc1nc2c(OC)cccn2c1C(=O)NCc1ccc(N2CCN(c3ccc(OC(F)(F)I)cc3)CC2)cc1. The molecule has 2 aromatic carbocycles. The molecule has 4 aromatic rings. The number of aromatic nitrogens is 2. The van der Waals surface area contributed by atoms with E-state index in [1.54, 1.807) is 23.6 Å². The van der Waals surface area contributed by atoms with Crippen molar-refractivity contribution < 1.29 is 23.0 Å². The van der Waals surface area contributed by atoms with E-state index in [4.69, 9.17) is 4.74 Å². The fraction of sp³-hybridized carbons (Fsp3) is 0.310. The Bertz CT molecular complexity index is 1460. The summed E-state index contributed by atoms with van der Waals surface area (Å²) in [6.45, 7) is 5.66. The number of fused-ring (bicyclic) bond motifs is 1. The molecule has 40 heavy (non-hydrogen) atoms. The van der Waals surface area contributed by atoms with Crippen LogP contribution in [0.3, 0.4) is 0 Å². The first-order chi connectivity index (χ1) is 19.3. The number of amides is 1. The molecule has 8 nitrogen and oxygen atoms in total. The van der Waals surface area contributed by atoms with E-state index in [0.717, 1.165) is 71.4 Å². The number of piperazine rings is 1. The third-order valence-corrected chi connectivity index (χ3v) is 7.15. The highest BCUT2D eigenvalue weighted by molar-refractivity contribution is 14.1. The largest absolute Gasteiger partial charge is 0.493 e. The molecule has 11 heteroatoms. The molecule has 1 N–H and O–H groups in total. The molecule has 3 heterocycles. The lowest BCUT2D eigenvalue weighted by Gasteiger charge is -2.37. The molecule has 210 valence electrons. The van der Waals surface area contributed by atoms with Gasteiger partial charge in [0, 0.05) is 50.3 Å². The van der Waals surface area contributed by atoms with Crippen molar-refractivity contribution in [2.45, 2.75) is 24.0 Å². The van der Waals surface area contributed by atoms with Gasteiger partial charge in [-0.25, -0.2) is 4.98 Å². The van der Waals surface area contributed by atoms with Gasteiger partial charge in [-0.2, -0.15) is 8.78 Å². The highest BCUT2D eigenvalue weighted by Gasteiger charge is 2.26. The van der Waals surface area contributed by atoms with Gasteiger partial charge in [0.25, 0.3) is 5.91 Å². The molecule has 1 amide bonds. The number of rotatable bonds is 9. The summed E-state index contributed by atoms with van der Waals surface area (Å²) in [5.74, 6) is 0.585. The molecular weight excluding hydrogens is 631 g/mol. The number of alkyl halides is 3. The molecule has 0 bridgehead atoms. The second kappa shape index (κ2) is 11.9. The molecule has 0 radical (unpaired) electrons. The number of nitrogens with zero attached hydrogens (tertiary/aromatic N) is 4. The number of hydrogen-bond donors (Lipinski definition) is 1. The Labute approximate surface area is 245 Å². The van der Waals surface area contributed by atoms with E-state index >= 15 is 0 Å². The van der Waals surface area contributed by atoms with Crippen LogP contribution in [-0.2, 0) is 13.0 Å². The molecule has 0 saturated carbocycles. The van der Waals surface area contributed by atoms with Crippen molar-refractivity contribution in [3.8, 4) is 11.5 Å². The van der Waals surface area contributed by atoms with Crippen LogP contribution in [0.15, 0.2) is 66.9 Å². The monoisotopic (exact) mass is 661 g/mol. The maximum Gasteiger partial charge on any atom is 0.451 e. The molecule has 1 aliphatic rings. The number of benzene rings is 2. The molecule has 0 spiro atoms. The Morgan fingerprint density at radius 3 is 2.15 bits per heavy atom. The zero-order valence-corrected chi connectivity index (χ0v) is 24.4. The van der Waals surface area contributed by atoms with Gasteiger partial charge >= 0.3 is 4.12 Å². The van der Waals surface area contributed by atoms with E-state index in [1.165, 1.54) is 0 Å². The van der Waals surface area contributed by atoms with Gasteiger partial charge < -0.3 is 24.6 Å². The Hall–Kier alpha value is -3.61. The Morgan fingerprint density at radius 2 is 1.60 bits per heavy atom. The van der Waals surface area contributed by atoms with Crippen LogP contribution in [0.25, 0.3) is 5.65 Å². The van der Waals surface area contributed by atoms with E-state index in [0.29, 0.717) is 30.1 Å². The van der Waals surface area contributed by atoms with Gasteiger partial charge in [0.1, 0.15) is 11.4 Å². The quantitative estimate of drug-likeness (QED) is 0.188. The van der Waals surface area contributed by atoms with Crippen molar-refractivity contribution in [3.63, 3.8) is 0 Å². The Balaban J connectivity index is 1.16. The van der Waals surface area contributed by atoms with Crippen LogP contribution >= 0.6 is 22.6 Å². The van der Waals surface area contributed by atoms with Gasteiger partial charge in [0.2, 0.25) is 0 Å². The second-order valence-corrected chi connectivity index (χ2v) is 10.7. The van der Waals surface area contributed by atoms with Crippen LogP contribution < -0.4 is 24.6 Å². The van der Waals surface area contributed by atoms with Crippen LogP contribution in [0.4, 0.5) is 20.2 Å². The Kier molecular flexibility index (Phi) is 8.29. The standard InChI is InChI=1S/C29H30F2IN5O3/c1-3-24-26(37-14-4-5-25(39-2)27(37)34-24)28(38)33-19-20-6-8-21(9-7-20)35-15-17-36(18-16-35)22-10-12-23(13-11-22)40-29(30,31)32/h4-14H,3,15-19H2,1-2H3,(H,33,38). The van der Waals surface area contributed by atoms with E-state index in [9.17, 15) is 13.6 Å². The zero-order valence-electron chi connectivity index (χ0n) is 22.2. The van der Waals surface area contributed by atoms with Crippen LogP contribution in [0.2, 0.25) is 0 Å². The van der Waals surface area contributed by atoms with Crippen LogP contribution in [0.1, 0.15) is 28.7 Å². The van der Waals surface area contributed by atoms with Crippen molar-refractivity contribution in [2.75, 3.05) is 43.1 Å². The number of carbonyl (C=O) groups is 1. The van der Waals surface area contributed by atoms with Crippen LogP contribution in [0, 0.1) is 0 Å². The number of imidazole rings is 1. The number of ether oxygens (including phenoxy) is 2. The lowest BCUT2D eigenvalue weighted by atomic mass is 10.1. The molecule has 0 aliphatic carbocycles. The maximum absolute atomic E-state index is 13.1. The van der Waals surface area contributed by atoms with Crippen molar-refractivity contribution in [3.05, 3.63) is 83.8 Å². The van der Waals surface area contributed by atoms with E-state index in [1.807, 2.05) is 49.5 Å². The molecule has 1 fully saturated rings. The average Bonchev–Trinajstić information content (AvgIpc) is 3.35. The first kappa shape index (κ1) is 27.9. The zero-order chi connectivity index (χ0) is 28.3. The summed E-state index contributed by atoms with van der Waals surface area (Å²) in [7, 11) is 1.59. The summed E-state index contributed by atoms with van der Waals surface area (Å²) in [4.78, 5) is 22.3. The number of nitrogens with one attached hydrogen (secondary N) is 1. The summed E-state index contributed by atoms with van der Waals surface area (Å²) in [6, 6.07) is 18.6. The third kappa shape index (κ3) is 6.24. The lowest BCUT2D eigenvalue weighted by Crippen LogP contribution is -2.46. The minimum Gasteiger partial charge on any atom is -0.493 e. The molecular formula is C29H30F2IN5O3. The minimum absolute atomic E-state index is 0.141. The van der Waals surface area contributed by atoms with Gasteiger partial charge in [0.15, 0.2) is 11.4 Å². The summed E-state index contributed by atoms with van der Waals surface area (Å²) < 4.78 is 34.7. The van der Waals surface area contributed by atoms with Gasteiger partial charge in [-0.3, -0.25) is 9.20 Å². The number of methoxy groups -OCH3 is 1. The summed E-state index contributed by atoms with van der Waals surface area (Å²) in [5, 5.41) is 3.03. The summed E-state index contributed by atoms with van der Waals surface area (Å²) in [5.41, 5.74) is 4.97. The molecule has 5 rings (SSSR count).